The quantitative estimate of drug-likeness (QED) is 0.547. The number of hydrogen-bond donors (Lipinski definition) is 1. The summed E-state index contributed by atoms with van der Waals surface area (Å²) in [4.78, 5) is 26.1. The van der Waals surface area contributed by atoms with Crippen molar-refractivity contribution in [3.63, 3.8) is 0 Å². The first-order chi connectivity index (χ1) is 15.6. The minimum Gasteiger partial charge on any atom is -0.481 e. The van der Waals surface area contributed by atoms with E-state index in [4.69, 9.17) is 9.72 Å². The zero-order valence-corrected chi connectivity index (χ0v) is 18.6. The van der Waals surface area contributed by atoms with Gasteiger partial charge in [0, 0.05) is 56.1 Å². The Morgan fingerprint density at radius 1 is 1.25 bits per heavy atom. The van der Waals surface area contributed by atoms with Crippen molar-refractivity contribution >= 4 is 27.4 Å². The molecular weight excluding hydrogens is 429 g/mol. The topological polar surface area (TPSA) is 70.6 Å². The number of anilines is 2. The van der Waals surface area contributed by atoms with Gasteiger partial charge in [-0.25, -0.2) is 14.4 Å². The molecule has 9 heteroatoms. The number of piperazine rings is 1. The molecule has 1 aliphatic rings. The zero-order valence-electron chi connectivity index (χ0n) is 17.8. The van der Waals surface area contributed by atoms with Gasteiger partial charge in [0.2, 0.25) is 5.88 Å². The van der Waals surface area contributed by atoms with Crippen molar-refractivity contribution < 1.29 is 13.9 Å². The molecule has 166 valence electrons. The lowest BCUT2D eigenvalue weighted by atomic mass is 10.1. The number of hydrogen-bond acceptors (Lipinski definition) is 7. The van der Waals surface area contributed by atoms with Crippen molar-refractivity contribution in [2.45, 2.75) is 0 Å². The molecule has 1 N–H and O–H groups in total. The minimum absolute atomic E-state index is 0.299. The number of halogens is 1. The maximum atomic E-state index is 13.5. The molecule has 1 aromatic carbocycles. The predicted molar refractivity (Wildman–Crippen MR) is 125 cm³/mol. The Morgan fingerprint density at radius 2 is 2.00 bits per heavy atom. The van der Waals surface area contributed by atoms with Crippen LogP contribution in [0.5, 0.6) is 5.88 Å². The number of pyridine rings is 1. The van der Waals surface area contributed by atoms with Crippen molar-refractivity contribution in [2.75, 3.05) is 50.1 Å². The number of aromatic nitrogens is 2. The molecule has 1 aliphatic heterocycles. The van der Waals surface area contributed by atoms with Crippen LogP contribution < -0.4 is 15.0 Å². The summed E-state index contributed by atoms with van der Waals surface area (Å²) in [5, 5.41) is 4.32. The van der Waals surface area contributed by atoms with E-state index in [9.17, 15) is 9.18 Å². The van der Waals surface area contributed by atoms with Crippen LogP contribution in [0.15, 0.2) is 55.3 Å². The Morgan fingerprint density at radius 3 is 2.69 bits per heavy atom. The highest BCUT2D eigenvalue weighted by atomic mass is 32.1. The molecule has 7 nitrogen and oxygen atoms in total. The number of nitrogens with one attached hydrogen (secondary N) is 1. The molecule has 0 aliphatic carbocycles. The molecule has 0 bridgehead atoms. The lowest BCUT2D eigenvalue weighted by Crippen LogP contribution is -2.46. The number of thiazole rings is 1. The van der Waals surface area contributed by atoms with E-state index in [1.807, 2.05) is 6.08 Å². The number of ether oxygens (including phenoxy) is 1. The third kappa shape index (κ3) is 4.95. The second-order valence-electron chi connectivity index (χ2n) is 7.30. The van der Waals surface area contributed by atoms with Crippen LogP contribution in [0.2, 0.25) is 0 Å². The van der Waals surface area contributed by atoms with Gasteiger partial charge in [-0.2, -0.15) is 0 Å². The molecule has 0 saturated carbocycles. The lowest BCUT2D eigenvalue weighted by molar-refractivity contribution is 0.102. The molecule has 1 saturated heterocycles. The standard InChI is InChI=1S/C23H24FN5O2S/c1-3-10-28-11-13-29(14-12-28)22-20(16-4-6-18(24)7-5-16)26-23(32-22)27-21(30)17-8-9-25-19(15-17)31-2/h3-9,15H,1,10-14H2,2H3,(H,26,27,30). The van der Waals surface area contributed by atoms with E-state index in [2.05, 4.69) is 26.7 Å². The maximum absolute atomic E-state index is 13.5. The highest BCUT2D eigenvalue weighted by Crippen LogP contribution is 2.39. The van der Waals surface area contributed by atoms with E-state index in [1.54, 1.807) is 24.3 Å². The fraction of sp³-hybridized carbons (Fsp3) is 0.261. The van der Waals surface area contributed by atoms with Crippen LogP contribution in [0.4, 0.5) is 14.5 Å². The molecule has 3 aromatic rings. The smallest absolute Gasteiger partial charge is 0.257 e. The molecule has 2 aromatic heterocycles. The lowest BCUT2D eigenvalue weighted by Gasteiger charge is -2.35. The fourth-order valence-corrected chi connectivity index (χ4v) is 4.56. The first kappa shape index (κ1) is 21.9. The van der Waals surface area contributed by atoms with Crippen LogP contribution in [0.1, 0.15) is 10.4 Å². The summed E-state index contributed by atoms with van der Waals surface area (Å²) < 4.78 is 18.6. The molecule has 0 atom stereocenters. The molecule has 0 unspecified atom stereocenters. The Hall–Kier alpha value is -3.30. The number of benzene rings is 1. The summed E-state index contributed by atoms with van der Waals surface area (Å²) in [6, 6.07) is 9.45. The van der Waals surface area contributed by atoms with Crippen molar-refractivity contribution in [2.24, 2.45) is 0 Å². The minimum atomic E-state index is -0.302. The van der Waals surface area contributed by atoms with Crippen LogP contribution >= 0.6 is 11.3 Å². The van der Waals surface area contributed by atoms with Gasteiger partial charge in [0.1, 0.15) is 16.5 Å². The predicted octanol–water partition coefficient (Wildman–Crippen LogP) is 3.91. The summed E-state index contributed by atoms with van der Waals surface area (Å²) in [6.45, 7) is 8.15. The molecule has 1 amide bonds. The molecule has 32 heavy (non-hydrogen) atoms. The van der Waals surface area contributed by atoms with E-state index in [0.717, 1.165) is 49.0 Å². The second kappa shape index (κ2) is 9.88. The monoisotopic (exact) mass is 453 g/mol. The summed E-state index contributed by atoms with van der Waals surface area (Å²) in [6.07, 6.45) is 3.43. The number of carbonyl (C=O) groups is 1. The van der Waals surface area contributed by atoms with Crippen molar-refractivity contribution in [3.05, 3.63) is 66.6 Å². The third-order valence-electron chi connectivity index (χ3n) is 5.20. The summed E-state index contributed by atoms with van der Waals surface area (Å²) in [7, 11) is 1.50. The SMILES string of the molecule is C=CCN1CCN(c2sc(NC(=O)c3ccnc(OC)c3)nc2-c2ccc(F)cc2)CC1. The van der Waals surface area contributed by atoms with Crippen LogP contribution in [0, 0.1) is 5.82 Å². The maximum Gasteiger partial charge on any atom is 0.257 e. The van der Waals surface area contributed by atoms with Gasteiger partial charge < -0.3 is 9.64 Å². The first-order valence-corrected chi connectivity index (χ1v) is 11.1. The number of amides is 1. The van der Waals surface area contributed by atoms with Gasteiger partial charge in [0.25, 0.3) is 5.91 Å². The van der Waals surface area contributed by atoms with E-state index >= 15 is 0 Å². The molecule has 4 rings (SSSR count). The molecular formula is C23H24FN5O2S. The first-order valence-electron chi connectivity index (χ1n) is 10.2. The highest BCUT2D eigenvalue weighted by Gasteiger charge is 2.24. The Bertz CT molecular complexity index is 1090. The van der Waals surface area contributed by atoms with Crippen LogP contribution in [0.3, 0.4) is 0 Å². The average Bonchev–Trinajstić information content (AvgIpc) is 3.24. The van der Waals surface area contributed by atoms with Crippen molar-refractivity contribution in [3.8, 4) is 17.1 Å². The largest absolute Gasteiger partial charge is 0.481 e. The highest BCUT2D eigenvalue weighted by molar-refractivity contribution is 7.20. The van der Waals surface area contributed by atoms with Gasteiger partial charge in [-0.05, 0) is 30.3 Å². The van der Waals surface area contributed by atoms with Crippen LogP contribution in [-0.4, -0.2) is 60.6 Å². The Kier molecular flexibility index (Phi) is 6.77. The number of methoxy groups -OCH3 is 1. The van der Waals surface area contributed by atoms with Crippen molar-refractivity contribution in [1.82, 2.24) is 14.9 Å². The Balaban J connectivity index is 1.61. The summed E-state index contributed by atoms with van der Waals surface area (Å²) in [5.74, 6) is -0.238. The van der Waals surface area contributed by atoms with Gasteiger partial charge >= 0.3 is 0 Å². The van der Waals surface area contributed by atoms with Gasteiger partial charge in [-0.15, -0.1) is 6.58 Å². The second-order valence-corrected chi connectivity index (χ2v) is 8.27. The Labute approximate surface area is 190 Å². The zero-order chi connectivity index (χ0) is 22.5. The molecule has 1 fully saturated rings. The van der Waals surface area contributed by atoms with Gasteiger partial charge in [-0.1, -0.05) is 17.4 Å². The normalized spacial score (nSPS) is 14.2. The van der Waals surface area contributed by atoms with Gasteiger partial charge in [-0.3, -0.25) is 15.0 Å². The average molecular weight is 454 g/mol. The summed E-state index contributed by atoms with van der Waals surface area (Å²) >= 11 is 1.42. The molecule has 3 heterocycles. The van der Waals surface area contributed by atoms with Crippen LogP contribution in [0.25, 0.3) is 11.3 Å². The fourth-order valence-electron chi connectivity index (χ4n) is 3.52. The summed E-state index contributed by atoms with van der Waals surface area (Å²) in [5.41, 5.74) is 1.96. The van der Waals surface area contributed by atoms with Gasteiger partial charge in [0.05, 0.1) is 7.11 Å². The molecule has 0 radical (unpaired) electrons. The van der Waals surface area contributed by atoms with Gasteiger partial charge in [0.15, 0.2) is 5.13 Å². The number of carbonyl (C=O) groups excluding carboxylic acids is 1. The number of nitrogens with zero attached hydrogens (tertiary/aromatic N) is 4. The third-order valence-corrected chi connectivity index (χ3v) is 6.23. The van der Waals surface area contributed by atoms with E-state index in [1.165, 1.54) is 36.8 Å². The van der Waals surface area contributed by atoms with E-state index in [-0.39, 0.29) is 11.7 Å². The van der Waals surface area contributed by atoms with Crippen LogP contribution in [-0.2, 0) is 0 Å². The number of rotatable bonds is 7. The van der Waals surface area contributed by atoms with E-state index in [0.29, 0.717) is 16.6 Å². The van der Waals surface area contributed by atoms with Crippen molar-refractivity contribution in [1.29, 1.82) is 0 Å². The van der Waals surface area contributed by atoms with E-state index < -0.39 is 0 Å². The molecule has 0 spiro atoms.